The Kier molecular flexibility index (Phi) is 5.35. The van der Waals surface area contributed by atoms with Crippen LogP contribution < -0.4 is 11.1 Å². The summed E-state index contributed by atoms with van der Waals surface area (Å²) in [5.74, 6) is -4.87. The Morgan fingerprint density at radius 3 is 2.21 bits per heavy atom. The molecule has 19 heavy (non-hydrogen) atoms. The molecule has 0 bridgehead atoms. The first kappa shape index (κ1) is 15.5. The summed E-state index contributed by atoms with van der Waals surface area (Å²) in [5.41, 5.74) is 5.18. The number of carbonyl (C=O) groups is 1. The number of benzene rings is 1. The van der Waals surface area contributed by atoms with Crippen molar-refractivity contribution in [2.45, 2.75) is 26.3 Å². The maximum atomic E-state index is 13.0. The lowest BCUT2D eigenvalue weighted by atomic mass is 10.0. The molecule has 0 spiro atoms. The molecule has 0 saturated heterocycles. The van der Waals surface area contributed by atoms with Crippen molar-refractivity contribution in [3.63, 3.8) is 0 Å². The summed E-state index contributed by atoms with van der Waals surface area (Å²) in [6.45, 7) is 4.17. The number of rotatable bonds is 5. The van der Waals surface area contributed by atoms with Gasteiger partial charge in [0.1, 0.15) is 0 Å². The molecule has 0 aliphatic heterocycles. The van der Waals surface area contributed by atoms with E-state index in [1.807, 2.05) is 13.8 Å². The monoisotopic (exact) mass is 274 g/mol. The summed E-state index contributed by atoms with van der Waals surface area (Å²) in [6.07, 6.45) is 0.551. The summed E-state index contributed by atoms with van der Waals surface area (Å²) in [5, 5.41) is 2.63. The fraction of sp³-hybridized carbons (Fsp3) is 0.462. The molecule has 0 aliphatic rings. The quantitative estimate of drug-likeness (QED) is 0.809. The zero-order chi connectivity index (χ0) is 14.6. The molecule has 3 nitrogen and oxygen atoms in total. The highest BCUT2D eigenvalue weighted by Gasteiger charge is 2.19. The summed E-state index contributed by atoms with van der Waals surface area (Å²) in [6, 6.07) is 1.15. The average molecular weight is 274 g/mol. The Labute approximate surface area is 110 Å². The predicted molar refractivity (Wildman–Crippen MR) is 66.1 cm³/mol. The molecule has 0 heterocycles. The van der Waals surface area contributed by atoms with Gasteiger partial charge in [0.2, 0.25) is 0 Å². The highest BCUT2D eigenvalue weighted by atomic mass is 19.2. The molecule has 1 amide bonds. The van der Waals surface area contributed by atoms with Crippen LogP contribution in [-0.4, -0.2) is 18.5 Å². The van der Waals surface area contributed by atoms with E-state index in [1.54, 1.807) is 0 Å². The second kappa shape index (κ2) is 6.56. The number of amides is 1. The van der Waals surface area contributed by atoms with Gasteiger partial charge in [0.25, 0.3) is 5.91 Å². The van der Waals surface area contributed by atoms with Crippen molar-refractivity contribution in [3.8, 4) is 0 Å². The van der Waals surface area contributed by atoms with E-state index in [-0.39, 0.29) is 17.5 Å². The molecule has 0 radical (unpaired) electrons. The summed E-state index contributed by atoms with van der Waals surface area (Å²) in [7, 11) is 0. The van der Waals surface area contributed by atoms with E-state index in [1.165, 1.54) is 0 Å². The van der Waals surface area contributed by atoms with Gasteiger partial charge in [0.05, 0.1) is 0 Å². The van der Waals surface area contributed by atoms with Crippen molar-refractivity contribution in [2.24, 2.45) is 11.7 Å². The van der Waals surface area contributed by atoms with Gasteiger partial charge < -0.3 is 11.1 Å². The molecule has 1 unspecified atom stereocenters. The minimum atomic E-state index is -1.58. The van der Waals surface area contributed by atoms with Crippen molar-refractivity contribution in [1.82, 2.24) is 5.32 Å². The van der Waals surface area contributed by atoms with Crippen molar-refractivity contribution in [1.29, 1.82) is 0 Å². The minimum absolute atomic E-state index is 0.127. The number of nitrogens with two attached hydrogens (primary N) is 1. The maximum Gasteiger partial charge on any atom is 0.251 e. The molecule has 1 aromatic carbocycles. The van der Waals surface area contributed by atoms with E-state index < -0.39 is 23.4 Å². The van der Waals surface area contributed by atoms with Crippen molar-refractivity contribution < 1.29 is 18.0 Å². The van der Waals surface area contributed by atoms with Crippen LogP contribution in [0, 0.1) is 23.4 Å². The van der Waals surface area contributed by atoms with E-state index in [9.17, 15) is 18.0 Å². The Hall–Kier alpha value is -1.56. The van der Waals surface area contributed by atoms with Crippen LogP contribution in [0.25, 0.3) is 0 Å². The predicted octanol–water partition coefficient (Wildman–Crippen LogP) is 2.21. The molecule has 0 aliphatic carbocycles. The molecule has 1 atom stereocenters. The van der Waals surface area contributed by atoms with Crippen LogP contribution in [0.4, 0.5) is 13.2 Å². The van der Waals surface area contributed by atoms with Crippen LogP contribution in [0.1, 0.15) is 30.6 Å². The number of halogens is 3. The van der Waals surface area contributed by atoms with Crippen LogP contribution in [0.15, 0.2) is 12.1 Å². The van der Waals surface area contributed by atoms with E-state index in [2.05, 4.69) is 5.32 Å². The molecule has 1 aromatic rings. The lowest BCUT2D eigenvalue weighted by Crippen LogP contribution is -2.40. The smallest absolute Gasteiger partial charge is 0.251 e. The topological polar surface area (TPSA) is 55.1 Å². The summed E-state index contributed by atoms with van der Waals surface area (Å²) < 4.78 is 38.8. The van der Waals surface area contributed by atoms with E-state index in [4.69, 9.17) is 5.73 Å². The molecule has 0 saturated carbocycles. The third kappa shape index (κ3) is 3.96. The van der Waals surface area contributed by atoms with Gasteiger partial charge >= 0.3 is 0 Å². The van der Waals surface area contributed by atoms with E-state index >= 15 is 0 Å². The molecule has 106 valence electrons. The van der Waals surface area contributed by atoms with Gasteiger partial charge in [-0.2, -0.15) is 0 Å². The first-order valence-corrected chi connectivity index (χ1v) is 6.02. The number of nitrogens with one attached hydrogen (secondary N) is 1. The lowest BCUT2D eigenvalue weighted by molar-refractivity contribution is 0.0923. The normalized spacial score (nSPS) is 12.6. The van der Waals surface area contributed by atoms with Crippen LogP contribution in [0.2, 0.25) is 0 Å². The number of hydrogen-bond acceptors (Lipinski definition) is 2. The van der Waals surface area contributed by atoms with Crippen LogP contribution >= 0.6 is 0 Å². The highest BCUT2D eigenvalue weighted by molar-refractivity contribution is 5.94. The van der Waals surface area contributed by atoms with Crippen LogP contribution in [0.5, 0.6) is 0 Å². The lowest BCUT2D eigenvalue weighted by Gasteiger charge is -2.21. The molecule has 1 rings (SSSR count). The number of hydrogen-bond donors (Lipinski definition) is 2. The maximum absolute atomic E-state index is 13.0. The van der Waals surface area contributed by atoms with Gasteiger partial charge in [0.15, 0.2) is 17.5 Å². The van der Waals surface area contributed by atoms with Gasteiger partial charge in [0, 0.05) is 11.6 Å². The SMILES string of the molecule is CC(C)C(CCN)NC(=O)c1cc(F)c(F)c(F)c1. The third-order valence-electron chi connectivity index (χ3n) is 2.84. The molecule has 0 aromatic heterocycles. The van der Waals surface area contributed by atoms with Gasteiger partial charge in [-0.15, -0.1) is 0 Å². The zero-order valence-corrected chi connectivity index (χ0v) is 10.8. The summed E-state index contributed by atoms with van der Waals surface area (Å²) >= 11 is 0. The van der Waals surface area contributed by atoms with Crippen molar-refractivity contribution >= 4 is 5.91 Å². The molecular formula is C13H17F3N2O. The van der Waals surface area contributed by atoms with Crippen LogP contribution in [0.3, 0.4) is 0 Å². The zero-order valence-electron chi connectivity index (χ0n) is 10.8. The van der Waals surface area contributed by atoms with Gasteiger partial charge in [-0.3, -0.25) is 4.79 Å². The Balaban J connectivity index is 2.88. The second-order valence-electron chi connectivity index (χ2n) is 4.66. The summed E-state index contributed by atoms with van der Waals surface area (Å²) in [4.78, 5) is 11.8. The van der Waals surface area contributed by atoms with Crippen LogP contribution in [-0.2, 0) is 0 Å². The third-order valence-corrected chi connectivity index (χ3v) is 2.84. The fourth-order valence-corrected chi connectivity index (χ4v) is 1.69. The molecular weight excluding hydrogens is 257 g/mol. The first-order valence-electron chi connectivity index (χ1n) is 6.02. The van der Waals surface area contributed by atoms with Gasteiger partial charge in [-0.1, -0.05) is 13.8 Å². The van der Waals surface area contributed by atoms with Crippen molar-refractivity contribution in [2.75, 3.05) is 6.54 Å². The standard InChI is InChI=1S/C13H17F3N2O/c1-7(2)11(3-4-17)18-13(19)8-5-9(14)12(16)10(15)6-8/h5-7,11H,3-4,17H2,1-2H3,(H,18,19). The fourth-order valence-electron chi connectivity index (χ4n) is 1.69. The van der Waals surface area contributed by atoms with Crippen molar-refractivity contribution in [3.05, 3.63) is 35.1 Å². The Morgan fingerprint density at radius 2 is 1.79 bits per heavy atom. The average Bonchev–Trinajstić information content (AvgIpc) is 2.34. The number of carbonyl (C=O) groups excluding carboxylic acids is 1. The second-order valence-corrected chi connectivity index (χ2v) is 4.66. The molecule has 0 fully saturated rings. The van der Waals surface area contributed by atoms with E-state index in [0.717, 1.165) is 0 Å². The Bertz CT molecular complexity index is 440. The minimum Gasteiger partial charge on any atom is -0.349 e. The van der Waals surface area contributed by atoms with Gasteiger partial charge in [-0.25, -0.2) is 13.2 Å². The Morgan fingerprint density at radius 1 is 1.26 bits per heavy atom. The largest absolute Gasteiger partial charge is 0.349 e. The van der Waals surface area contributed by atoms with E-state index in [0.29, 0.717) is 25.1 Å². The highest BCUT2D eigenvalue weighted by Crippen LogP contribution is 2.14. The first-order chi connectivity index (χ1) is 8.86. The molecule has 3 N–H and O–H groups in total. The van der Waals surface area contributed by atoms with Gasteiger partial charge in [-0.05, 0) is 31.0 Å². The molecule has 6 heteroatoms.